The van der Waals surface area contributed by atoms with Crippen LogP contribution in [0.4, 0.5) is 0 Å². The van der Waals surface area contributed by atoms with E-state index in [2.05, 4.69) is 16.4 Å². The van der Waals surface area contributed by atoms with Gasteiger partial charge in [0.2, 0.25) is 0 Å². The molecule has 1 unspecified atom stereocenters. The number of aliphatic hydroxyl groups is 1. The molecule has 7 nitrogen and oxygen atoms in total. The number of rotatable bonds is 13. The molecule has 0 aromatic heterocycles. The second-order valence-corrected chi connectivity index (χ2v) is 6.86. The van der Waals surface area contributed by atoms with Crippen molar-refractivity contribution in [2.75, 3.05) is 73.4 Å². The minimum atomic E-state index is -0.551. The quantitative estimate of drug-likeness (QED) is 0.401. The van der Waals surface area contributed by atoms with Crippen LogP contribution in [0.25, 0.3) is 0 Å². The third-order valence-electron chi connectivity index (χ3n) is 4.71. The van der Waals surface area contributed by atoms with E-state index in [1.54, 1.807) is 20.3 Å². The first kappa shape index (κ1) is 22.6. The van der Waals surface area contributed by atoms with Crippen LogP contribution in [-0.4, -0.2) is 94.4 Å². The van der Waals surface area contributed by atoms with Crippen molar-refractivity contribution in [3.05, 3.63) is 36.4 Å². The van der Waals surface area contributed by atoms with Gasteiger partial charge < -0.3 is 24.1 Å². The van der Waals surface area contributed by atoms with Crippen LogP contribution in [0, 0.1) is 0 Å². The second-order valence-electron chi connectivity index (χ2n) is 6.86. The summed E-state index contributed by atoms with van der Waals surface area (Å²) >= 11 is 0. The van der Waals surface area contributed by atoms with E-state index in [1.165, 1.54) is 0 Å². The fraction of sp³-hybridized carbons (Fsp3) is 0.619. The van der Waals surface area contributed by atoms with Gasteiger partial charge in [-0.1, -0.05) is 12.1 Å². The van der Waals surface area contributed by atoms with Crippen LogP contribution >= 0.6 is 0 Å². The molecule has 0 radical (unpaired) electrons. The fourth-order valence-corrected chi connectivity index (χ4v) is 3.22. The Morgan fingerprint density at radius 2 is 2.00 bits per heavy atom. The fourth-order valence-electron chi connectivity index (χ4n) is 3.22. The number of hydrogen-bond acceptors (Lipinski definition) is 7. The molecule has 1 aromatic carbocycles. The number of benzene rings is 1. The lowest BCUT2D eigenvalue weighted by atomic mass is 10.1. The van der Waals surface area contributed by atoms with Crippen molar-refractivity contribution in [3.8, 4) is 11.5 Å². The Kier molecular flexibility index (Phi) is 10.3. The molecule has 1 fully saturated rings. The minimum Gasteiger partial charge on any atom is -0.493 e. The second kappa shape index (κ2) is 12.7. The summed E-state index contributed by atoms with van der Waals surface area (Å²) in [5.41, 5.74) is 1.11. The molecule has 0 saturated carbocycles. The predicted molar refractivity (Wildman–Crippen MR) is 109 cm³/mol. The van der Waals surface area contributed by atoms with Gasteiger partial charge in [-0.25, -0.2) is 0 Å². The van der Waals surface area contributed by atoms with Gasteiger partial charge in [-0.05, 0) is 17.7 Å². The average molecular weight is 395 g/mol. The van der Waals surface area contributed by atoms with Crippen LogP contribution < -0.4 is 9.47 Å². The van der Waals surface area contributed by atoms with E-state index in [0.29, 0.717) is 37.8 Å². The van der Waals surface area contributed by atoms with Crippen molar-refractivity contribution in [3.63, 3.8) is 0 Å². The van der Waals surface area contributed by atoms with Crippen molar-refractivity contribution in [1.82, 2.24) is 9.80 Å². The molecule has 28 heavy (non-hydrogen) atoms. The summed E-state index contributed by atoms with van der Waals surface area (Å²) in [6.07, 6.45) is 1.14. The zero-order valence-corrected chi connectivity index (χ0v) is 17.1. The lowest BCUT2D eigenvalue weighted by molar-refractivity contribution is 0.0128. The lowest BCUT2D eigenvalue weighted by Crippen LogP contribution is -2.43. The molecule has 0 bridgehead atoms. The van der Waals surface area contributed by atoms with Crippen molar-refractivity contribution in [2.24, 2.45) is 0 Å². The zero-order chi connectivity index (χ0) is 20.2. The van der Waals surface area contributed by atoms with Crippen LogP contribution in [0.5, 0.6) is 11.5 Å². The molecule has 1 saturated heterocycles. The Morgan fingerprint density at radius 1 is 1.25 bits per heavy atom. The Hall–Kier alpha value is -1.64. The topological polar surface area (TPSA) is 63.6 Å². The van der Waals surface area contributed by atoms with Gasteiger partial charge in [0.05, 0.1) is 46.8 Å². The van der Waals surface area contributed by atoms with Crippen molar-refractivity contribution >= 4 is 0 Å². The normalized spacial score (nSPS) is 16.1. The number of aliphatic hydroxyl groups excluding tert-OH is 1. The standard InChI is InChI=1S/C21H34N2O5/c1-4-11-28-17-19(24)16-23(8-7-22-9-12-27-13-10-22)15-18-5-6-20(25-2)21(14-18)26-3/h4-6,14,19,24H,1,7-13,15-17H2,2-3H3. The highest BCUT2D eigenvalue weighted by Gasteiger charge is 2.17. The molecule has 0 spiro atoms. The van der Waals surface area contributed by atoms with E-state index < -0.39 is 6.10 Å². The molecular formula is C21H34N2O5. The highest BCUT2D eigenvalue weighted by molar-refractivity contribution is 5.42. The largest absolute Gasteiger partial charge is 0.493 e. The molecule has 7 heteroatoms. The molecule has 0 amide bonds. The van der Waals surface area contributed by atoms with Crippen LogP contribution in [0.1, 0.15) is 5.56 Å². The summed E-state index contributed by atoms with van der Waals surface area (Å²) in [6, 6.07) is 5.93. The lowest BCUT2D eigenvalue weighted by Gasteiger charge is -2.31. The highest BCUT2D eigenvalue weighted by atomic mass is 16.5. The Labute approximate surface area is 168 Å². The molecular weight excluding hydrogens is 360 g/mol. The van der Waals surface area contributed by atoms with E-state index in [0.717, 1.165) is 45.0 Å². The van der Waals surface area contributed by atoms with Gasteiger partial charge in [-0.15, -0.1) is 6.58 Å². The smallest absolute Gasteiger partial charge is 0.161 e. The average Bonchev–Trinajstić information content (AvgIpc) is 2.72. The summed E-state index contributed by atoms with van der Waals surface area (Å²) in [5.74, 6) is 1.42. The zero-order valence-electron chi connectivity index (χ0n) is 17.1. The summed E-state index contributed by atoms with van der Waals surface area (Å²) in [7, 11) is 3.27. The van der Waals surface area contributed by atoms with Crippen LogP contribution in [0.3, 0.4) is 0 Å². The van der Waals surface area contributed by atoms with E-state index >= 15 is 0 Å². The van der Waals surface area contributed by atoms with Crippen LogP contribution in [0.15, 0.2) is 30.9 Å². The van der Waals surface area contributed by atoms with Crippen LogP contribution in [0.2, 0.25) is 0 Å². The van der Waals surface area contributed by atoms with Crippen molar-refractivity contribution < 1.29 is 24.1 Å². The molecule has 1 aromatic rings. The van der Waals surface area contributed by atoms with Crippen molar-refractivity contribution in [1.29, 1.82) is 0 Å². The maximum atomic E-state index is 10.4. The molecule has 1 atom stereocenters. The van der Waals surface area contributed by atoms with E-state index in [9.17, 15) is 5.11 Å². The molecule has 1 aliphatic heterocycles. The third-order valence-corrected chi connectivity index (χ3v) is 4.71. The number of hydrogen-bond donors (Lipinski definition) is 1. The van der Waals surface area contributed by atoms with Gasteiger partial charge in [-0.2, -0.15) is 0 Å². The summed E-state index contributed by atoms with van der Waals surface area (Å²) in [6.45, 7) is 10.9. The summed E-state index contributed by atoms with van der Waals surface area (Å²) in [5, 5.41) is 10.4. The highest BCUT2D eigenvalue weighted by Crippen LogP contribution is 2.28. The number of nitrogens with zero attached hydrogens (tertiary/aromatic N) is 2. The SMILES string of the molecule is C=CCOCC(O)CN(CCN1CCOCC1)Cc1ccc(OC)c(OC)c1. The summed E-state index contributed by atoms with van der Waals surface area (Å²) in [4.78, 5) is 4.64. The molecule has 1 aliphatic rings. The molecule has 1 N–H and O–H groups in total. The predicted octanol–water partition coefficient (Wildman–Crippen LogP) is 1.40. The first-order chi connectivity index (χ1) is 13.7. The molecule has 0 aliphatic carbocycles. The van der Waals surface area contributed by atoms with Gasteiger partial charge in [0.1, 0.15) is 0 Å². The monoisotopic (exact) mass is 394 g/mol. The Bertz CT molecular complexity index is 578. The van der Waals surface area contributed by atoms with Crippen molar-refractivity contribution in [2.45, 2.75) is 12.6 Å². The van der Waals surface area contributed by atoms with E-state index in [-0.39, 0.29) is 0 Å². The number of ether oxygens (including phenoxy) is 4. The Morgan fingerprint density at radius 3 is 2.68 bits per heavy atom. The molecule has 1 heterocycles. The van der Waals surface area contributed by atoms with Gasteiger partial charge >= 0.3 is 0 Å². The summed E-state index contributed by atoms with van der Waals surface area (Å²) < 4.78 is 21.6. The van der Waals surface area contributed by atoms with Crippen LogP contribution in [-0.2, 0) is 16.0 Å². The van der Waals surface area contributed by atoms with Gasteiger partial charge in [0.15, 0.2) is 11.5 Å². The molecule has 158 valence electrons. The maximum absolute atomic E-state index is 10.4. The first-order valence-electron chi connectivity index (χ1n) is 9.76. The van der Waals surface area contributed by atoms with Gasteiger partial charge in [0.25, 0.3) is 0 Å². The maximum Gasteiger partial charge on any atom is 0.161 e. The third kappa shape index (κ3) is 7.77. The minimum absolute atomic E-state index is 0.298. The number of morpholine rings is 1. The number of methoxy groups -OCH3 is 2. The van der Waals surface area contributed by atoms with Gasteiger partial charge in [0, 0.05) is 39.3 Å². The molecule has 2 rings (SSSR count). The van der Waals surface area contributed by atoms with Gasteiger partial charge in [-0.3, -0.25) is 9.80 Å². The van der Waals surface area contributed by atoms with E-state index in [1.807, 2.05) is 18.2 Å². The Balaban J connectivity index is 1.98. The van der Waals surface area contributed by atoms with E-state index in [4.69, 9.17) is 18.9 Å². The first-order valence-corrected chi connectivity index (χ1v) is 9.76.